The number of amides is 1. The molecule has 1 spiro atoms. The van der Waals surface area contributed by atoms with E-state index in [-0.39, 0.29) is 24.0 Å². The van der Waals surface area contributed by atoms with Crippen LogP contribution in [0.5, 0.6) is 0 Å². The maximum absolute atomic E-state index is 13.3. The fraction of sp³-hybridized carbons (Fsp3) is 0.750. The maximum atomic E-state index is 13.3. The molecule has 0 aromatic carbocycles. The van der Waals surface area contributed by atoms with E-state index in [2.05, 4.69) is 25.3 Å². The van der Waals surface area contributed by atoms with Gasteiger partial charge in [0.15, 0.2) is 11.8 Å². The van der Waals surface area contributed by atoms with Crippen LogP contribution < -0.4 is 0 Å². The first-order valence-corrected chi connectivity index (χ1v) is 10.7. The van der Waals surface area contributed by atoms with Gasteiger partial charge in [0.1, 0.15) is 0 Å². The number of likely N-dealkylation sites (tertiary alicyclic amines) is 1. The summed E-state index contributed by atoms with van der Waals surface area (Å²) in [6.07, 6.45) is 3.61. The van der Waals surface area contributed by atoms with E-state index in [0.717, 1.165) is 25.7 Å². The summed E-state index contributed by atoms with van der Waals surface area (Å²) in [4.78, 5) is 28.6. The minimum atomic E-state index is -0.772. The molecule has 6 rings (SSSR count). The Balaban J connectivity index is 1.62. The van der Waals surface area contributed by atoms with Gasteiger partial charge in [-0.3, -0.25) is 4.79 Å². The van der Waals surface area contributed by atoms with Gasteiger partial charge in [-0.25, -0.2) is 9.78 Å². The number of nitrogens with zero attached hydrogens (tertiary/aromatic N) is 1. The second kappa shape index (κ2) is 5.77. The smallest absolute Gasteiger partial charge is 0.228 e. The van der Waals surface area contributed by atoms with Gasteiger partial charge in [0.25, 0.3) is 0 Å². The Morgan fingerprint density at radius 1 is 1.23 bits per heavy atom. The van der Waals surface area contributed by atoms with Crippen molar-refractivity contribution >= 4 is 17.2 Å². The van der Waals surface area contributed by atoms with Gasteiger partial charge in [0.05, 0.1) is 6.54 Å². The summed E-state index contributed by atoms with van der Waals surface area (Å²) in [6.45, 7) is 6.92. The van der Waals surface area contributed by atoms with Crippen LogP contribution in [0, 0.1) is 23.7 Å². The summed E-state index contributed by atoms with van der Waals surface area (Å²) < 4.78 is 6.52. The highest BCUT2D eigenvalue weighted by Gasteiger charge is 2.70. The lowest BCUT2D eigenvalue weighted by molar-refractivity contribution is -0.548. The maximum Gasteiger partial charge on any atom is 0.228 e. The first kappa shape index (κ1) is 17.2. The van der Waals surface area contributed by atoms with Gasteiger partial charge in [-0.05, 0) is 49.5 Å². The molecule has 142 valence electrons. The molecule has 1 amide bonds. The van der Waals surface area contributed by atoms with Crippen molar-refractivity contribution < 1.29 is 19.3 Å². The quantitative estimate of drug-likeness (QED) is 0.733. The van der Waals surface area contributed by atoms with E-state index in [1.807, 2.05) is 17.9 Å². The molecule has 1 aromatic heterocycles. The van der Waals surface area contributed by atoms with E-state index in [4.69, 9.17) is 14.5 Å². The molecule has 2 bridgehead atoms. The number of hydrogen-bond donors (Lipinski definition) is 0. The fourth-order valence-corrected chi connectivity index (χ4v) is 6.59. The minimum Gasteiger partial charge on any atom is -0.321 e. The zero-order valence-corrected chi connectivity index (χ0v) is 16.5. The van der Waals surface area contributed by atoms with Crippen LogP contribution in [0.25, 0.3) is 0 Å². The lowest BCUT2D eigenvalue weighted by atomic mass is 9.57. The minimum absolute atomic E-state index is 0.0733. The first-order valence-electron chi connectivity index (χ1n) is 9.82. The number of carbonyl (C=O) groups is 1. The molecule has 5 nitrogen and oxygen atoms in total. The third-order valence-corrected chi connectivity index (χ3v) is 8.12. The van der Waals surface area contributed by atoms with E-state index in [0.29, 0.717) is 18.4 Å². The Hall–Kier alpha value is -0.950. The SMILES string of the molecule is C[C@@H]1CCC2[C@@H](C)C(=O)N(Cc3cccs3)[C@@H]3O[C@@]4(C)CC[C@@H]1[C@@]23OO4. The van der Waals surface area contributed by atoms with Crippen molar-refractivity contribution in [3.63, 3.8) is 0 Å². The molecule has 26 heavy (non-hydrogen) atoms. The normalized spacial score (nSPS) is 47.6. The van der Waals surface area contributed by atoms with Crippen molar-refractivity contribution in [3.8, 4) is 0 Å². The molecule has 5 heterocycles. The number of hydrogen-bond acceptors (Lipinski definition) is 5. The number of rotatable bonds is 2. The lowest BCUT2D eigenvalue weighted by Crippen LogP contribution is -2.74. The molecule has 7 atom stereocenters. The van der Waals surface area contributed by atoms with Gasteiger partial charge in [0.2, 0.25) is 11.7 Å². The number of ether oxygens (including phenoxy) is 1. The Kier molecular flexibility index (Phi) is 3.81. The van der Waals surface area contributed by atoms with Crippen LogP contribution in [0.1, 0.15) is 51.3 Å². The summed E-state index contributed by atoms with van der Waals surface area (Å²) in [5.74, 6) is 0.403. The van der Waals surface area contributed by atoms with E-state index in [9.17, 15) is 4.79 Å². The van der Waals surface area contributed by atoms with Crippen molar-refractivity contribution in [2.24, 2.45) is 23.7 Å². The summed E-state index contributed by atoms with van der Waals surface area (Å²) in [5, 5.41) is 2.06. The predicted molar refractivity (Wildman–Crippen MR) is 96.8 cm³/mol. The zero-order chi connectivity index (χ0) is 18.1. The molecule has 1 aliphatic carbocycles. The van der Waals surface area contributed by atoms with Crippen LogP contribution in [0.2, 0.25) is 0 Å². The van der Waals surface area contributed by atoms with E-state index in [1.165, 1.54) is 4.88 Å². The predicted octanol–water partition coefficient (Wildman–Crippen LogP) is 3.94. The molecular formula is C20H27NO4S. The highest BCUT2D eigenvalue weighted by atomic mass is 32.1. The van der Waals surface area contributed by atoms with Crippen LogP contribution in [-0.2, 0) is 25.9 Å². The van der Waals surface area contributed by atoms with Crippen LogP contribution >= 0.6 is 11.3 Å². The molecular weight excluding hydrogens is 350 g/mol. The fourth-order valence-electron chi connectivity index (χ4n) is 5.88. The number of piperidine rings is 1. The first-order chi connectivity index (χ1) is 12.4. The van der Waals surface area contributed by atoms with Crippen LogP contribution in [-0.4, -0.2) is 28.4 Å². The summed E-state index contributed by atoms with van der Waals surface area (Å²) in [6, 6.07) is 4.12. The average molecular weight is 378 g/mol. The molecule has 5 aliphatic rings. The van der Waals surface area contributed by atoms with Crippen LogP contribution in [0.4, 0.5) is 0 Å². The third kappa shape index (κ3) is 2.22. The largest absolute Gasteiger partial charge is 0.321 e. The standard InChI is InChI=1S/C20H27NO4S/c1-12-6-7-16-13(2)17(22)21(11-14-5-4-10-26-14)18-20(16)15(12)8-9-19(3,23-18)24-25-20/h4-5,10,12-13,15-16,18H,6-9,11H2,1-3H3/t12-,13-,15+,16?,18-,19-,20-/m1/s1. The average Bonchev–Trinajstić information content (AvgIpc) is 3.03. The molecule has 0 radical (unpaired) electrons. The lowest BCUT2D eigenvalue weighted by Gasteiger charge is -2.61. The van der Waals surface area contributed by atoms with Gasteiger partial charge in [-0.15, -0.1) is 11.3 Å². The summed E-state index contributed by atoms with van der Waals surface area (Å²) >= 11 is 1.68. The zero-order valence-electron chi connectivity index (χ0n) is 15.6. The van der Waals surface area contributed by atoms with Crippen molar-refractivity contribution in [1.82, 2.24) is 4.90 Å². The molecule has 1 aromatic rings. The van der Waals surface area contributed by atoms with Crippen molar-refractivity contribution in [2.45, 2.75) is 70.6 Å². The Bertz CT molecular complexity index is 709. The molecule has 1 unspecified atom stereocenters. The molecule has 1 saturated carbocycles. The Labute approximate surface area is 158 Å². The third-order valence-electron chi connectivity index (χ3n) is 7.26. The number of thiophene rings is 1. The second-order valence-electron chi connectivity index (χ2n) is 8.76. The molecule has 4 aliphatic heterocycles. The van der Waals surface area contributed by atoms with Crippen LogP contribution in [0.3, 0.4) is 0 Å². The van der Waals surface area contributed by atoms with Crippen molar-refractivity contribution in [1.29, 1.82) is 0 Å². The monoisotopic (exact) mass is 377 g/mol. The second-order valence-corrected chi connectivity index (χ2v) is 9.80. The number of carbonyl (C=O) groups excluding carboxylic acids is 1. The van der Waals surface area contributed by atoms with Crippen molar-refractivity contribution in [2.75, 3.05) is 0 Å². The number of fused-ring (bicyclic) bond motifs is 2. The van der Waals surface area contributed by atoms with E-state index >= 15 is 0 Å². The molecule has 6 heteroatoms. The van der Waals surface area contributed by atoms with Crippen LogP contribution in [0.15, 0.2) is 17.5 Å². The summed E-state index contributed by atoms with van der Waals surface area (Å²) in [7, 11) is 0. The van der Waals surface area contributed by atoms with Crippen molar-refractivity contribution in [3.05, 3.63) is 22.4 Å². The van der Waals surface area contributed by atoms with E-state index < -0.39 is 11.4 Å². The van der Waals surface area contributed by atoms with Gasteiger partial charge in [-0.2, -0.15) is 0 Å². The highest BCUT2D eigenvalue weighted by Crippen LogP contribution is 2.60. The highest BCUT2D eigenvalue weighted by molar-refractivity contribution is 7.09. The van der Waals surface area contributed by atoms with Gasteiger partial charge >= 0.3 is 0 Å². The summed E-state index contributed by atoms with van der Waals surface area (Å²) in [5.41, 5.74) is -0.543. The Morgan fingerprint density at radius 2 is 2.08 bits per heavy atom. The van der Waals surface area contributed by atoms with Gasteiger partial charge in [-0.1, -0.05) is 19.9 Å². The van der Waals surface area contributed by atoms with Gasteiger partial charge in [0, 0.05) is 23.1 Å². The van der Waals surface area contributed by atoms with Gasteiger partial charge < -0.3 is 9.64 Å². The molecule has 4 saturated heterocycles. The van der Waals surface area contributed by atoms with E-state index in [1.54, 1.807) is 11.3 Å². The topological polar surface area (TPSA) is 48.0 Å². The Morgan fingerprint density at radius 3 is 2.85 bits per heavy atom. The molecule has 5 fully saturated rings. The molecule has 0 N–H and O–H groups in total.